The Labute approximate surface area is 310 Å². The quantitative estimate of drug-likeness (QED) is 0.167. The molecule has 0 spiro atoms. The number of hydrogen-bond donors (Lipinski definition) is 0. The predicted octanol–water partition coefficient (Wildman–Crippen LogP) is 15.1. The molecular formula is C50H31NOS. The molecule has 2 heterocycles. The first kappa shape index (κ1) is 30.0. The lowest BCUT2D eigenvalue weighted by atomic mass is 9.97. The van der Waals surface area contributed by atoms with Crippen LogP contribution < -0.4 is 4.90 Å². The van der Waals surface area contributed by atoms with Crippen LogP contribution in [0.15, 0.2) is 192 Å². The number of benzene rings is 9. The summed E-state index contributed by atoms with van der Waals surface area (Å²) < 4.78 is 9.16. The summed E-state index contributed by atoms with van der Waals surface area (Å²) in [4.78, 5) is 2.38. The highest BCUT2D eigenvalue weighted by atomic mass is 32.1. The summed E-state index contributed by atoms with van der Waals surface area (Å²) in [6, 6.07) is 67.9. The highest BCUT2D eigenvalue weighted by molar-refractivity contribution is 7.26. The van der Waals surface area contributed by atoms with E-state index in [4.69, 9.17) is 4.42 Å². The zero-order chi connectivity index (χ0) is 34.9. The molecule has 0 fully saturated rings. The van der Waals surface area contributed by atoms with Gasteiger partial charge in [0.2, 0.25) is 0 Å². The van der Waals surface area contributed by atoms with Crippen molar-refractivity contribution in [1.82, 2.24) is 0 Å². The summed E-state index contributed by atoms with van der Waals surface area (Å²) in [6.45, 7) is 0. The van der Waals surface area contributed by atoms with Crippen molar-refractivity contribution in [1.29, 1.82) is 0 Å². The Balaban J connectivity index is 1.10. The summed E-state index contributed by atoms with van der Waals surface area (Å²) in [5.41, 5.74) is 9.82. The summed E-state index contributed by atoms with van der Waals surface area (Å²) in [5.74, 6) is 0. The standard InChI is InChI=1S/C50H31NOS/c1-2-9-32(10-3-1)33-21-25-38(26-22-33)51(39-27-23-34(24-28-39)37-20-19-36-18-17-35-11-4-5-12-40(35)43(36)31-37)44-14-8-15-45-48(44)49-46(52-45)30-29-42-41-13-6-7-16-47(41)53-50(42)49/h1-31H. The third kappa shape index (κ3) is 4.86. The Morgan fingerprint density at radius 3 is 1.77 bits per heavy atom. The maximum Gasteiger partial charge on any atom is 0.137 e. The van der Waals surface area contributed by atoms with E-state index in [2.05, 4.69) is 193 Å². The van der Waals surface area contributed by atoms with E-state index in [0.717, 1.165) is 33.6 Å². The topological polar surface area (TPSA) is 16.4 Å². The fraction of sp³-hybridized carbons (Fsp3) is 0. The minimum absolute atomic E-state index is 0.883. The largest absolute Gasteiger partial charge is 0.456 e. The van der Waals surface area contributed by atoms with Crippen molar-refractivity contribution in [2.75, 3.05) is 4.90 Å². The van der Waals surface area contributed by atoms with Gasteiger partial charge in [0.15, 0.2) is 0 Å². The van der Waals surface area contributed by atoms with Crippen molar-refractivity contribution in [2.24, 2.45) is 0 Å². The number of anilines is 3. The smallest absolute Gasteiger partial charge is 0.137 e. The molecule has 53 heavy (non-hydrogen) atoms. The van der Waals surface area contributed by atoms with Crippen LogP contribution in [0.2, 0.25) is 0 Å². The fourth-order valence-electron chi connectivity index (χ4n) is 8.10. The number of nitrogens with zero attached hydrogens (tertiary/aromatic N) is 1. The van der Waals surface area contributed by atoms with Crippen molar-refractivity contribution in [2.45, 2.75) is 0 Å². The Kier molecular flexibility index (Phi) is 6.76. The van der Waals surface area contributed by atoms with Crippen LogP contribution in [0.5, 0.6) is 0 Å². The minimum Gasteiger partial charge on any atom is -0.456 e. The molecule has 0 aliphatic rings. The summed E-state index contributed by atoms with van der Waals surface area (Å²) in [6.07, 6.45) is 0. The monoisotopic (exact) mass is 693 g/mol. The third-order valence-corrected chi connectivity index (χ3v) is 11.9. The van der Waals surface area contributed by atoms with Gasteiger partial charge >= 0.3 is 0 Å². The Morgan fingerprint density at radius 2 is 0.981 bits per heavy atom. The van der Waals surface area contributed by atoms with Gasteiger partial charge in [0.25, 0.3) is 0 Å². The SMILES string of the molecule is c1ccc(-c2ccc(N(c3ccc(-c4ccc5ccc6ccccc6c5c4)cc3)c3cccc4oc5ccc6c7ccccc7sc6c5c34)cc2)cc1. The molecule has 0 bridgehead atoms. The molecule has 0 saturated carbocycles. The van der Waals surface area contributed by atoms with E-state index < -0.39 is 0 Å². The molecule has 0 aliphatic heterocycles. The molecule has 2 aromatic heterocycles. The molecule has 0 aliphatic carbocycles. The van der Waals surface area contributed by atoms with Crippen LogP contribution in [0.25, 0.3) is 85.9 Å². The molecule has 0 radical (unpaired) electrons. The van der Waals surface area contributed by atoms with Gasteiger partial charge in [-0.3, -0.25) is 0 Å². The molecule has 2 nitrogen and oxygen atoms in total. The predicted molar refractivity (Wildman–Crippen MR) is 227 cm³/mol. The number of rotatable bonds is 5. The lowest BCUT2D eigenvalue weighted by Gasteiger charge is -2.26. The normalized spacial score (nSPS) is 11.8. The third-order valence-electron chi connectivity index (χ3n) is 10.7. The van der Waals surface area contributed by atoms with Crippen molar-refractivity contribution >= 4 is 92.1 Å². The van der Waals surface area contributed by atoms with Gasteiger partial charge in [-0.1, -0.05) is 127 Å². The van der Waals surface area contributed by atoms with Gasteiger partial charge in [-0.15, -0.1) is 11.3 Å². The Morgan fingerprint density at radius 1 is 0.377 bits per heavy atom. The van der Waals surface area contributed by atoms with Crippen LogP contribution in [-0.4, -0.2) is 0 Å². The van der Waals surface area contributed by atoms with Crippen molar-refractivity contribution < 1.29 is 4.42 Å². The van der Waals surface area contributed by atoms with E-state index >= 15 is 0 Å². The molecule has 248 valence electrons. The van der Waals surface area contributed by atoms with Gasteiger partial charge in [0.1, 0.15) is 11.2 Å². The maximum absolute atomic E-state index is 6.62. The average Bonchev–Trinajstić information content (AvgIpc) is 3.81. The number of thiophene rings is 1. The Hall–Kier alpha value is -6.68. The highest BCUT2D eigenvalue weighted by Crippen LogP contribution is 2.48. The second-order valence-electron chi connectivity index (χ2n) is 13.7. The maximum atomic E-state index is 6.62. The number of hydrogen-bond acceptors (Lipinski definition) is 3. The zero-order valence-corrected chi connectivity index (χ0v) is 29.5. The average molecular weight is 694 g/mol. The van der Waals surface area contributed by atoms with Gasteiger partial charge in [-0.2, -0.15) is 0 Å². The second-order valence-corrected chi connectivity index (χ2v) is 14.7. The van der Waals surface area contributed by atoms with Crippen molar-refractivity contribution in [3.8, 4) is 22.3 Å². The van der Waals surface area contributed by atoms with Crippen molar-refractivity contribution in [3.05, 3.63) is 188 Å². The van der Waals surface area contributed by atoms with E-state index in [0.29, 0.717) is 0 Å². The molecule has 0 atom stereocenters. The van der Waals surface area contributed by atoms with Gasteiger partial charge < -0.3 is 9.32 Å². The van der Waals surface area contributed by atoms with Crippen LogP contribution in [0.3, 0.4) is 0 Å². The molecule has 11 rings (SSSR count). The van der Waals surface area contributed by atoms with E-state index in [1.54, 1.807) is 0 Å². The van der Waals surface area contributed by atoms with Gasteiger partial charge in [0, 0.05) is 36.9 Å². The molecule has 0 N–H and O–H groups in total. The van der Waals surface area contributed by atoms with Crippen LogP contribution >= 0.6 is 11.3 Å². The van der Waals surface area contributed by atoms with E-state index in [1.807, 2.05) is 11.3 Å². The fourth-order valence-corrected chi connectivity index (χ4v) is 9.35. The first-order valence-corrected chi connectivity index (χ1v) is 18.8. The highest BCUT2D eigenvalue weighted by Gasteiger charge is 2.22. The van der Waals surface area contributed by atoms with Crippen LogP contribution in [0.1, 0.15) is 0 Å². The summed E-state index contributed by atoms with van der Waals surface area (Å²) in [5, 5.41) is 9.90. The van der Waals surface area contributed by atoms with Gasteiger partial charge in [0.05, 0.1) is 11.1 Å². The van der Waals surface area contributed by atoms with Gasteiger partial charge in [-0.25, -0.2) is 0 Å². The minimum atomic E-state index is 0.883. The summed E-state index contributed by atoms with van der Waals surface area (Å²) >= 11 is 1.84. The molecule has 3 heteroatoms. The van der Waals surface area contributed by atoms with Crippen molar-refractivity contribution in [3.63, 3.8) is 0 Å². The van der Waals surface area contributed by atoms with E-state index in [9.17, 15) is 0 Å². The molecule has 0 unspecified atom stereocenters. The second kappa shape index (κ2) is 11.9. The molecule has 0 saturated heterocycles. The summed E-state index contributed by atoms with van der Waals surface area (Å²) in [7, 11) is 0. The van der Waals surface area contributed by atoms with Crippen LogP contribution in [0, 0.1) is 0 Å². The molecule has 9 aromatic carbocycles. The lowest BCUT2D eigenvalue weighted by Crippen LogP contribution is -2.10. The Bertz CT molecular complexity index is 3150. The first-order chi connectivity index (χ1) is 26.3. The number of furan rings is 1. The molecule has 11 aromatic rings. The molecule has 0 amide bonds. The van der Waals surface area contributed by atoms with Crippen LogP contribution in [0.4, 0.5) is 17.1 Å². The number of fused-ring (bicyclic) bond motifs is 10. The lowest BCUT2D eigenvalue weighted by molar-refractivity contribution is 0.669. The molecular weight excluding hydrogens is 663 g/mol. The first-order valence-electron chi connectivity index (χ1n) is 18.0. The van der Waals surface area contributed by atoms with E-state index in [-0.39, 0.29) is 0 Å². The van der Waals surface area contributed by atoms with E-state index in [1.165, 1.54) is 69.4 Å². The zero-order valence-electron chi connectivity index (χ0n) is 28.7. The van der Waals surface area contributed by atoms with Gasteiger partial charge in [-0.05, 0) is 104 Å². The van der Waals surface area contributed by atoms with Crippen LogP contribution in [-0.2, 0) is 0 Å².